The number of amides is 2. The van der Waals surface area contributed by atoms with Crippen LogP contribution in [-0.2, 0) is 9.59 Å². The molecule has 1 heterocycles. The number of hydrogen-bond donors (Lipinski definition) is 1. The summed E-state index contributed by atoms with van der Waals surface area (Å²) < 4.78 is 18.8. The third-order valence-corrected chi connectivity index (χ3v) is 3.56. The van der Waals surface area contributed by atoms with Crippen LogP contribution >= 0.6 is 0 Å². The van der Waals surface area contributed by atoms with Gasteiger partial charge in [0.05, 0.1) is 7.11 Å². The Bertz CT molecular complexity index is 574. The minimum absolute atomic E-state index is 0.0911. The van der Waals surface area contributed by atoms with Gasteiger partial charge in [-0.15, -0.1) is 0 Å². The van der Waals surface area contributed by atoms with Crippen molar-refractivity contribution in [1.82, 2.24) is 5.32 Å². The Balaban J connectivity index is 2.47. The number of nitrogens with zero attached hydrogens (tertiary/aromatic N) is 1. The molecule has 2 rings (SSSR count). The zero-order chi connectivity index (χ0) is 15.7. The van der Waals surface area contributed by atoms with Gasteiger partial charge in [-0.2, -0.15) is 0 Å². The monoisotopic (exact) mass is 294 g/mol. The lowest BCUT2D eigenvalue weighted by molar-refractivity contribution is -0.134. The molecule has 114 valence electrons. The van der Waals surface area contributed by atoms with Gasteiger partial charge in [-0.1, -0.05) is 13.8 Å². The summed E-state index contributed by atoms with van der Waals surface area (Å²) in [4.78, 5) is 25.9. The second-order valence-corrected chi connectivity index (χ2v) is 5.45. The number of benzene rings is 1. The summed E-state index contributed by atoms with van der Waals surface area (Å²) >= 11 is 0. The number of rotatable bonds is 3. The number of carbonyl (C=O) groups is 2. The summed E-state index contributed by atoms with van der Waals surface area (Å²) in [5.74, 6) is -1.04. The molecule has 0 radical (unpaired) electrons. The summed E-state index contributed by atoms with van der Waals surface area (Å²) in [5, 5.41) is 2.65. The molecule has 1 aliphatic heterocycles. The predicted octanol–water partition coefficient (Wildman–Crippen LogP) is 1.71. The zero-order valence-electron chi connectivity index (χ0n) is 12.5. The van der Waals surface area contributed by atoms with Crippen molar-refractivity contribution in [3.05, 3.63) is 24.0 Å². The molecule has 1 saturated heterocycles. The largest absolute Gasteiger partial charge is 0.494 e. The number of halogens is 1. The molecule has 1 aromatic rings. The van der Waals surface area contributed by atoms with Crippen molar-refractivity contribution in [3.63, 3.8) is 0 Å². The molecule has 2 atom stereocenters. The normalized spacial score (nSPS) is 22.5. The maximum atomic E-state index is 13.9. The van der Waals surface area contributed by atoms with Crippen LogP contribution in [0.2, 0.25) is 0 Å². The van der Waals surface area contributed by atoms with E-state index in [4.69, 9.17) is 4.74 Å². The van der Waals surface area contributed by atoms with Gasteiger partial charge in [0.1, 0.15) is 12.1 Å². The maximum absolute atomic E-state index is 13.9. The van der Waals surface area contributed by atoms with Crippen molar-refractivity contribution in [1.29, 1.82) is 0 Å². The van der Waals surface area contributed by atoms with Crippen molar-refractivity contribution < 1.29 is 18.7 Å². The van der Waals surface area contributed by atoms with Gasteiger partial charge in [0.2, 0.25) is 11.8 Å². The van der Waals surface area contributed by atoms with Gasteiger partial charge < -0.3 is 10.1 Å². The average Bonchev–Trinajstić information content (AvgIpc) is 2.41. The highest BCUT2D eigenvalue weighted by Gasteiger charge is 2.41. The summed E-state index contributed by atoms with van der Waals surface area (Å²) in [5.41, 5.74) is 0.360. The standard InChI is InChI=1S/C15H19FN2O3/c1-8(2)13-14(19)17-9(3)15(20)18(13)10-5-6-12(21-4)11(16)7-10/h5-9,13H,1-4H3,(H,17,19). The fraction of sp³-hybridized carbons (Fsp3) is 0.467. The SMILES string of the molecule is COc1ccc(N2C(=O)C(C)NC(=O)C2C(C)C)cc1F. The number of ether oxygens (including phenoxy) is 1. The Labute approximate surface area is 123 Å². The van der Waals surface area contributed by atoms with E-state index < -0.39 is 17.9 Å². The molecular formula is C15H19FN2O3. The highest BCUT2D eigenvalue weighted by Crippen LogP contribution is 2.29. The third kappa shape index (κ3) is 2.70. The minimum Gasteiger partial charge on any atom is -0.494 e. The molecule has 0 aliphatic carbocycles. The third-order valence-electron chi connectivity index (χ3n) is 3.56. The Kier molecular flexibility index (Phi) is 4.16. The van der Waals surface area contributed by atoms with Crippen LogP contribution in [0.4, 0.5) is 10.1 Å². The number of nitrogens with one attached hydrogen (secondary N) is 1. The van der Waals surface area contributed by atoms with Crippen LogP contribution in [0, 0.1) is 11.7 Å². The lowest BCUT2D eigenvalue weighted by Crippen LogP contribution is -2.64. The number of methoxy groups -OCH3 is 1. The van der Waals surface area contributed by atoms with E-state index in [1.54, 1.807) is 13.0 Å². The number of carbonyl (C=O) groups excluding carboxylic acids is 2. The first kappa shape index (κ1) is 15.3. The second kappa shape index (κ2) is 5.71. The molecule has 2 amide bonds. The van der Waals surface area contributed by atoms with E-state index in [9.17, 15) is 14.0 Å². The van der Waals surface area contributed by atoms with Gasteiger partial charge in [0, 0.05) is 11.8 Å². The van der Waals surface area contributed by atoms with Crippen molar-refractivity contribution in [2.75, 3.05) is 12.0 Å². The zero-order valence-corrected chi connectivity index (χ0v) is 12.5. The molecule has 2 unspecified atom stereocenters. The first-order chi connectivity index (χ1) is 9.86. The van der Waals surface area contributed by atoms with Crippen molar-refractivity contribution in [2.45, 2.75) is 32.9 Å². The van der Waals surface area contributed by atoms with E-state index in [-0.39, 0.29) is 23.5 Å². The fourth-order valence-electron chi connectivity index (χ4n) is 2.52. The lowest BCUT2D eigenvalue weighted by atomic mass is 9.96. The van der Waals surface area contributed by atoms with Gasteiger partial charge in [0.15, 0.2) is 11.6 Å². The van der Waals surface area contributed by atoms with Crippen molar-refractivity contribution in [3.8, 4) is 5.75 Å². The van der Waals surface area contributed by atoms with Crippen molar-refractivity contribution in [2.24, 2.45) is 5.92 Å². The molecule has 0 saturated carbocycles. The smallest absolute Gasteiger partial charge is 0.250 e. The Morgan fingerprint density at radius 3 is 2.52 bits per heavy atom. The van der Waals surface area contributed by atoms with Gasteiger partial charge in [-0.3, -0.25) is 14.5 Å². The summed E-state index contributed by atoms with van der Waals surface area (Å²) in [6, 6.07) is 2.98. The lowest BCUT2D eigenvalue weighted by Gasteiger charge is -2.39. The molecular weight excluding hydrogens is 275 g/mol. The summed E-state index contributed by atoms with van der Waals surface area (Å²) in [6.07, 6.45) is 0. The van der Waals surface area contributed by atoms with Gasteiger partial charge in [-0.05, 0) is 25.0 Å². The molecule has 1 fully saturated rings. The minimum atomic E-state index is -0.651. The van der Waals surface area contributed by atoms with E-state index in [0.717, 1.165) is 0 Å². The number of hydrogen-bond acceptors (Lipinski definition) is 3. The van der Waals surface area contributed by atoms with Gasteiger partial charge in [0.25, 0.3) is 0 Å². The summed E-state index contributed by atoms with van der Waals surface area (Å²) in [6.45, 7) is 5.31. The summed E-state index contributed by atoms with van der Waals surface area (Å²) in [7, 11) is 1.37. The van der Waals surface area contributed by atoms with Crippen LogP contribution in [-0.4, -0.2) is 31.0 Å². The molecule has 6 heteroatoms. The van der Waals surface area contributed by atoms with Crippen LogP contribution in [0.1, 0.15) is 20.8 Å². The van der Waals surface area contributed by atoms with E-state index in [1.807, 2.05) is 13.8 Å². The van der Waals surface area contributed by atoms with E-state index >= 15 is 0 Å². The number of anilines is 1. The topological polar surface area (TPSA) is 58.6 Å². The molecule has 5 nitrogen and oxygen atoms in total. The molecule has 0 bridgehead atoms. The molecule has 21 heavy (non-hydrogen) atoms. The quantitative estimate of drug-likeness (QED) is 0.923. The predicted molar refractivity (Wildman–Crippen MR) is 76.7 cm³/mol. The Morgan fingerprint density at radius 1 is 1.33 bits per heavy atom. The number of piperazine rings is 1. The first-order valence-corrected chi connectivity index (χ1v) is 6.83. The van der Waals surface area contributed by atoms with Crippen molar-refractivity contribution >= 4 is 17.5 Å². The van der Waals surface area contributed by atoms with Crippen LogP contribution in [0.5, 0.6) is 5.75 Å². The van der Waals surface area contributed by atoms with E-state index in [0.29, 0.717) is 5.69 Å². The maximum Gasteiger partial charge on any atom is 0.250 e. The van der Waals surface area contributed by atoms with Gasteiger partial charge in [-0.25, -0.2) is 4.39 Å². The van der Waals surface area contributed by atoms with E-state index in [1.165, 1.54) is 24.1 Å². The fourth-order valence-corrected chi connectivity index (χ4v) is 2.52. The van der Waals surface area contributed by atoms with Crippen LogP contribution in [0.25, 0.3) is 0 Å². The average molecular weight is 294 g/mol. The molecule has 1 N–H and O–H groups in total. The molecule has 0 aromatic heterocycles. The highest BCUT2D eigenvalue weighted by molar-refractivity contribution is 6.08. The first-order valence-electron chi connectivity index (χ1n) is 6.83. The van der Waals surface area contributed by atoms with E-state index in [2.05, 4.69) is 5.32 Å². The molecule has 0 spiro atoms. The molecule has 1 aromatic carbocycles. The second-order valence-electron chi connectivity index (χ2n) is 5.45. The highest BCUT2D eigenvalue weighted by atomic mass is 19.1. The van der Waals surface area contributed by atoms with Gasteiger partial charge >= 0.3 is 0 Å². The van der Waals surface area contributed by atoms with Crippen LogP contribution in [0.3, 0.4) is 0 Å². The van der Waals surface area contributed by atoms with Crippen LogP contribution in [0.15, 0.2) is 18.2 Å². The van der Waals surface area contributed by atoms with Crippen LogP contribution < -0.4 is 15.0 Å². The molecule has 1 aliphatic rings. The Morgan fingerprint density at radius 2 is 2.00 bits per heavy atom. The Hall–Kier alpha value is -2.11.